The van der Waals surface area contributed by atoms with E-state index in [0.717, 1.165) is 17.4 Å². The number of rotatable bonds is 4. The molecule has 102 valence electrons. The lowest BCUT2D eigenvalue weighted by molar-refractivity contribution is 0.101. The Morgan fingerprint density at radius 2 is 1.50 bits per heavy atom. The minimum atomic E-state index is 0.0707. The summed E-state index contributed by atoms with van der Waals surface area (Å²) >= 11 is 0. The summed E-state index contributed by atoms with van der Waals surface area (Å²) in [6, 6.07) is 15.6. The maximum Gasteiger partial charge on any atom is 0.159 e. The molecule has 0 spiro atoms. The van der Waals surface area contributed by atoms with Crippen LogP contribution in [0.3, 0.4) is 0 Å². The average molecular weight is 266 g/mol. The van der Waals surface area contributed by atoms with Gasteiger partial charge < -0.3 is 4.74 Å². The van der Waals surface area contributed by atoms with Crippen LogP contribution in [0.15, 0.2) is 48.5 Å². The van der Waals surface area contributed by atoms with Crippen LogP contribution < -0.4 is 4.74 Å². The molecule has 3 rings (SSSR count). The summed E-state index contributed by atoms with van der Waals surface area (Å²) in [4.78, 5) is 11.2. The fraction of sp³-hybridized carbons (Fsp3) is 0.278. The van der Waals surface area contributed by atoms with Gasteiger partial charge in [-0.1, -0.05) is 18.6 Å². The third-order valence-electron chi connectivity index (χ3n) is 3.95. The number of ether oxygens (including phenoxy) is 1. The summed E-state index contributed by atoms with van der Waals surface area (Å²) in [5, 5.41) is 0. The standard InChI is InChI=1S/C18H18O2/c1-13(19)14-5-9-17(10-6-14)20-18-11-7-16(8-12-18)15-3-2-4-15/h5-12,15H,2-4H2,1H3. The summed E-state index contributed by atoms with van der Waals surface area (Å²) in [5.74, 6) is 2.41. The van der Waals surface area contributed by atoms with Gasteiger partial charge in [-0.05, 0) is 67.6 Å². The number of ketones is 1. The van der Waals surface area contributed by atoms with E-state index in [0.29, 0.717) is 5.56 Å². The first-order valence-corrected chi connectivity index (χ1v) is 7.11. The van der Waals surface area contributed by atoms with E-state index in [9.17, 15) is 4.79 Å². The van der Waals surface area contributed by atoms with Crippen molar-refractivity contribution in [2.45, 2.75) is 32.1 Å². The van der Waals surface area contributed by atoms with Gasteiger partial charge >= 0.3 is 0 Å². The van der Waals surface area contributed by atoms with Crippen molar-refractivity contribution in [1.29, 1.82) is 0 Å². The molecule has 0 amide bonds. The Balaban J connectivity index is 1.68. The van der Waals surface area contributed by atoms with E-state index < -0.39 is 0 Å². The summed E-state index contributed by atoms with van der Waals surface area (Å²) in [5.41, 5.74) is 2.12. The molecule has 2 aromatic carbocycles. The molecule has 2 nitrogen and oxygen atoms in total. The monoisotopic (exact) mass is 266 g/mol. The smallest absolute Gasteiger partial charge is 0.159 e. The lowest BCUT2D eigenvalue weighted by Gasteiger charge is -2.25. The van der Waals surface area contributed by atoms with Gasteiger partial charge in [0.2, 0.25) is 0 Å². The number of benzene rings is 2. The second kappa shape index (κ2) is 5.49. The molecular weight excluding hydrogens is 248 g/mol. The molecule has 0 aliphatic heterocycles. The molecule has 1 saturated carbocycles. The van der Waals surface area contributed by atoms with Crippen LogP contribution in [0, 0.1) is 0 Å². The Kier molecular flexibility index (Phi) is 3.55. The first kappa shape index (κ1) is 12.9. The number of carbonyl (C=O) groups excluding carboxylic acids is 1. The van der Waals surface area contributed by atoms with Crippen molar-refractivity contribution in [2.75, 3.05) is 0 Å². The second-order valence-electron chi connectivity index (χ2n) is 5.38. The fourth-order valence-corrected chi connectivity index (χ4v) is 2.44. The van der Waals surface area contributed by atoms with Crippen LogP contribution in [0.4, 0.5) is 0 Å². The van der Waals surface area contributed by atoms with Gasteiger partial charge in [0.15, 0.2) is 5.78 Å². The van der Waals surface area contributed by atoms with E-state index in [-0.39, 0.29) is 5.78 Å². The molecule has 2 aromatic rings. The topological polar surface area (TPSA) is 26.3 Å². The third kappa shape index (κ3) is 2.74. The second-order valence-corrected chi connectivity index (χ2v) is 5.38. The predicted molar refractivity (Wildman–Crippen MR) is 79.6 cm³/mol. The molecule has 20 heavy (non-hydrogen) atoms. The number of hydrogen-bond acceptors (Lipinski definition) is 2. The van der Waals surface area contributed by atoms with E-state index in [4.69, 9.17) is 4.74 Å². The highest BCUT2D eigenvalue weighted by atomic mass is 16.5. The predicted octanol–water partition coefficient (Wildman–Crippen LogP) is 4.95. The first-order chi connectivity index (χ1) is 9.72. The van der Waals surface area contributed by atoms with Crippen LogP contribution >= 0.6 is 0 Å². The molecule has 1 aliphatic carbocycles. The quantitative estimate of drug-likeness (QED) is 0.732. The third-order valence-corrected chi connectivity index (χ3v) is 3.95. The van der Waals surface area contributed by atoms with Crippen LogP contribution in [-0.4, -0.2) is 5.78 Å². The van der Waals surface area contributed by atoms with Crippen molar-refractivity contribution in [3.8, 4) is 11.5 Å². The fourth-order valence-electron chi connectivity index (χ4n) is 2.44. The Morgan fingerprint density at radius 3 is 1.95 bits per heavy atom. The van der Waals surface area contributed by atoms with Crippen molar-refractivity contribution in [3.05, 3.63) is 59.7 Å². The Hall–Kier alpha value is -2.09. The highest BCUT2D eigenvalue weighted by molar-refractivity contribution is 5.94. The number of Topliss-reactive ketones (excluding diaryl/α,β-unsaturated/α-hetero) is 1. The van der Waals surface area contributed by atoms with Gasteiger partial charge in [-0.3, -0.25) is 4.79 Å². The largest absolute Gasteiger partial charge is 0.457 e. The molecule has 1 aliphatic rings. The van der Waals surface area contributed by atoms with Crippen molar-refractivity contribution in [1.82, 2.24) is 0 Å². The van der Waals surface area contributed by atoms with Gasteiger partial charge in [-0.25, -0.2) is 0 Å². The maximum absolute atomic E-state index is 11.2. The number of hydrogen-bond donors (Lipinski definition) is 0. The van der Waals surface area contributed by atoms with Gasteiger partial charge in [0, 0.05) is 5.56 Å². The molecule has 0 saturated heterocycles. The Morgan fingerprint density at radius 1 is 0.950 bits per heavy atom. The summed E-state index contributed by atoms with van der Waals surface area (Å²) in [6.45, 7) is 1.56. The molecule has 1 fully saturated rings. The Bertz CT molecular complexity index is 592. The highest BCUT2D eigenvalue weighted by Gasteiger charge is 2.18. The highest BCUT2D eigenvalue weighted by Crippen LogP contribution is 2.37. The van der Waals surface area contributed by atoms with Crippen molar-refractivity contribution < 1.29 is 9.53 Å². The lowest BCUT2D eigenvalue weighted by atomic mass is 9.80. The van der Waals surface area contributed by atoms with Gasteiger partial charge in [-0.2, -0.15) is 0 Å². The van der Waals surface area contributed by atoms with E-state index in [1.807, 2.05) is 24.3 Å². The van der Waals surface area contributed by atoms with Crippen LogP contribution in [-0.2, 0) is 0 Å². The van der Waals surface area contributed by atoms with E-state index in [2.05, 4.69) is 12.1 Å². The summed E-state index contributed by atoms with van der Waals surface area (Å²) < 4.78 is 5.79. The Labute approximate surface area is 119 Å². The summed E-state index contributed by atoms with van der Waals surface area (Å²) in [7, 11) is 0. The van der Waals surface area contributed by atoms with E-state index in [1.165, 1.54) is 24.8 Å². The zero-order valence-corrected chi connectivity index (χ0v) is 11.6. The van der Waals surface area contributed by atoms with E-state index >= 15 is 0 Å². The molecule has 2 heteroatoms. The van der Waals surface area contributed by atoms with Gasteiger partial charge in [0.05, 0.1) is 0 Å². The molecule has 0 N–H and O–H groups in total. The van der Waals surface area contributed by atoms with Crippen molar-refractivity contribution >= 4 is 5.78 Å². The molecule has 0 atom stereocenters. The molecule has 0 heterocycles. The minimum Gasteiger partial charge on any atom is -0.457 e. The zero-order valence-electron chi connectivity index (χ0n) is 11.6. The number of carbonyl (C=O) groups is 1. The normalized spacial score (nSPS) is 14.7. The molecule has 0 aromatic heterocycles. The van der Waals surface area contributed by atoms with E-state index in [1.54, 1.807) is 19.1 Å². The lowest BCUT2D eigenvalue weighted by Crippen LogP contribution is -2.08. The molecular formula is C18H18O2. The van der Waals surface area contributed by atoms with Crippen LogP contribution in [0.25, 0.3) is 0 Å². The zero-order chi connectivity index (χ0) is 13.9. The summed E-state index contributed by atoms with van der Waals surface area (Å²) in [6.07, 6.45) is 3.98. The van der Waals surface area contributed by atoms with Gasteiger partial charge in [0.25, 0.3) is 0 Å². The van der Waals surface area contributed by atoms with Crippen LogP contribution in [0.2, 0.25) is 0 Å². The van der Waals surface area contributed by atoms with Crippen LogP contribution in [0.1, 0.15) is 48.0 Å². The van der Waals surface area contributed by atoms with Gasteiger partial charge in [-0.15, -0.1) is 0 Å². The van der Waals surface area contributed by atoms with Crippen molar-refractivity contribution in [3.63, 3.8) is 0 Å². The van der Waals surface area contributed by atoms with Crippen molar-refractivity contribution in [2.24, 2.45) is 0 Å². The maximum atomic E-state index is 11.2. The SMILES string of the molecule is CC(=O)c1ccc(Oc2ccc(C3CCC3)cc2)cc1. The van der Waals surface area contributed by atoms with Crippen LogP contribution in [0.5, 0.6) is 11.5 Å². The molecule has 0 bridgehead atoms. The minimum absolute atomic E-state index is 0.0707. The molecule has 0 unspecified atom stereocenters. The molecule has 0 radical (unpaired) electrons. The first-order valence-electron chi connectivity index (χ1n) is 7.11. The average Bonchev–Trinajstić information content (AvgIpc) is 2.39. The van der Waals surface area contributed by atoms with Gasteiger partial charge in [0.1, 0.15) is 11.5 Å².